The summed E-state index contributed by atoms with van der Waals surface area (Å²) in [5.41, 5.74) is 1.92. The SMILES string of the molecule is Cc1nc(-c2ccncc2)sc1CC(=O)N1CCN(C=O)CC1. The van der Waals surface area contributed by atoms with E-state index in [1.807, 2.05) is 24.0 Å². The number of thiazole rings is 1. The van der Waals surface area contributed by atoms with Gasteiger partial charge >= 0.3 is 0 Å². The van der Waals surface area contributed by atoms with Gasteiger partial charge in [0.05, 0.1) is 12.1 Å². The number of hydrogen-bond acceptors (Lipinski definition) is 5. The summed E-state index contributed by atoms with van der Waals surface area (Å²) in [4.78, 5) is 36.3. The van der Waals surface area contributed by atoms with Crippen molar-refractivity contribution in [2.45, 2.75) is 13.3 Å². The Morgan fingerprint density at radius 1 is 1.26 bits per heavy atom. The lowest BCUT2D eigenvalue weighted by atomic mass is 10.2. The number of hydrogen-bond donors (Lipinski definition) is 0. The molecule has 1 aliphatic rings. The van der Waals surface area contributed by atoms with E-state index in [4.69, 9.17) is 0 Å². The first-order chi connectivity index (χ1) is 11.2. The van der Waals surface area contributed by atoms with Crippen molar-refractivity contribution in [3.63, 3.8) is 0 Å². The second kappa shape index (κ2) is 6.87. The Kier molecular flexibility index (Phi) is 4.66. The van der Waals surface area contributed by atoms with Crippen molar-refractivity contribution in [3.05, 3.63) is 35.1 Å². The number of amides is 2. The third kappa shape index (κ3) is 3.56. The molecular weight excluding hydrogens is 312 g/mol. The summed E-state index contributed by atoms with van der Waals surface area (Å²) in [6.07, 6.45) is 4.69. The molecule has 0 atom stereocenters. The van der Waals surface area contributed by atoms with Crippen LogP contribution in [0.5, 0.6) is 0 Å². The van der Waals surface area contributed by atoms with Crippen molar-refractivity contribution in [1.29, 1.82) is 0 Å². The van der Waals surface area contributed by atoms with Gasteiger partial charge in [0.25, 0.3) is 0 Å². The summed E-state index contributed by atoms with van der Waals surface area (Å²) in [6, 6.07) is 3.84. The zero-order valence-electron chi connectivity index (χ0n) is 12.9. The number of nitrogens with zero attached hydrogens (tertiary/aromatic N) is 4. The van der Waals surface area contributed by atoms with Crippen molar-refractivity contribution >= 4 is 23.7 Å². The van der Waals surface area contributed by atoms with Gasteiger partial charge in [-0.25, -0.2) is 4.98 Å². The standard InChI is InChI=1S/C16H18N4O2S/c1-12-14(23-16(18-12)13-2-4-17-5-3-13)10-15(22)20-8-6-19(11-21)7-9-20/h2-5,11H,6-10H2,1H3. The van der Waals surface area contributed by atoms with E-state index in [-0.39, 0.29) is 5.91 Å². The molecule has 120 valence electrons. The molecule has 0 aromatic carbocycles. The van der Waals surface area contributed by atoms with Gasteiger partial charge in [-0.3, -0.25) is 14.6 Å². The molecule has 0 saturated carbocycles. The molecule has 1 saturated heterocycles. The van der Waals surface area contributed by atoms with E-state index in [9.17, 15) is 9.59 Å². The smallest absolute Gasteiger partial charge is 0.228 e. The fraction of sp³-hybridized carbons (Fsp3) is 0.375. The lowest BCUT2D eigenvalue weighted by molar-refractivity contribution is -0.134. The first-order valence-corrected chi connectivity index (χ1v) is 8.33. The molecule has 0 aliphatic carbocycles. The van der Waals surface area contributed by atoms with Gasteiger partial charge in [0.2, 0.25) is 12.3 Å². The highest BCUT2D eigenvalue weighted by Gasteiger charge is 2.22. The van der Waals surface area contributed by atoms with E-state index >= 15 is 0 Å². The van der Waals surface area contributed by atoms with E-state index in [0.29, 0.717) is 32.6 Å². The van der Waals surface area contributed by atoms with Gasteiger partial charge in [-0.2, -0.15) is 0 Å². The predicted octanol–water partition coefficient (Wildman–Crippen LogP) is 1.36. The zero-order chi connectivity index (χ0) is 16.2. The minimum Gasteiger partial charge on any atom is -0.342 e. The number of rotatable bonds is 4. The fourth-order valence-corrected chi connectivity index (χ4v) is 3.59. The Morgan fingerprint density at radius 3 is 2.61 bits per heavy atom. The molecular formula is C16H18N4O2S. The molecule has 0 radical (unpaired) electrons. The third-order valence-electron chi connectivity index (χ3n) is 3.95. The van der Waals surface area contributed by atoms with E-state index < -0.39 is 0 Å². The van der Waals surface area contributed by atoms with Gasteiger partial charge in [0.15, 0.2) is 0 Å². The van der Waals surface area contributed by atoms with Crippen LogP contribution < -0.4 is 0 Å². The second-order valence-corrected chi connectivity index (χ2v) is 6.55. The quantitative estimate of drug-likeness (QED) is 0.794. The van der Waals surface area contributed by atoms with Crippen molar-refractivity contribution in [1.82, 2.24) is 19.8 Å². The molecule has 2 aromatic heterocycles. The largest absolute Gasteiger partial charge is 0.342 e. The molecule has 0 unspecified atom stereocenters. The number of aromatic nitrogens is 2. The van der Waals surface area contributed by atoms with E-state index in [0.717, 1.165) is 27.6 Å². The molecule has 3 heterocycles. The summed E-state index contributed by atoms with van der Waals surface area (Å²) < 4.78 is 0. The van der Waals surface area contributed by atoms with Crippen molar-refractivity contribution in [2.24, 2.45) is 0 Å². The van der Waals surface area contributed by atoms with Crippen LogP contribution in [0.25, 0.3) is 10.6 Å². The van der Waals surface area contributed by atoms with Crippen LogP contribution in [0.1, 0.15) is 10.6 Å². The van der Waals surface area contributed by atoms with Gasteiger partial charge in [0.1, 0.15) is 5.01 Å². The Morgan fingerprint density at radius 2 is 1.96 bits per heavy atom. The monoisotopic (exact) mass is 330 g/mol. The minimum atomic E-state index is 0.101. The molecule has 1 fully saturated rings. The minimum absolute atomic E-state index is 0.101. The molecule has 1 aliphatic heterocycles. The van der Waals surface area contributed by atoms with Crippen LogP contribution in [0.3, 0.4) is 0 Å². The topological polar surface area (TPSA) is 66.4 Å². The number of pyridine rings is 1. The molecule has 7 heteroatoms. The lowest BCUT2D eigenvalue weighted by Gasteiger charge is -2.32. The molecule has 0 bridgehead atoms. The maximum absolute atomic E-state index is 12.4. The van der Waals surface area contributed by atoms with Crippen LogP contribution in [0.4, 0.5) is 0 Å². The average Bonchev–Trinajstić information content (AvgIpc) is 2.96. The first kappa shape index (κ1) is 15.6. The van der Waals surface area contributed by atoms with Gasteiger partial charge in [-0.1, -0.05) is 0 Å². The van der Waals surface area contributed by atoms with Crippen molar-refractivity contribution in [2.75, 3.05) is 26.2 Å². The van der Waals surface area contributed by atoms with Crippen LogP contribution in [-0.2, 0) is 16.0 Å². The first-order valence-electron chi connectivity index (χ1n) is 7.51. The fourth-order valence-electron chi connectivity index (χ4n) is 2.54. The van der Waals surface area contributed by atoms with Crippen LogP contribution in [0, 0.1) is 6.92 Å². The summed E-state index contributed by atoms with van der Waals surface area (Å²) in [5.74, 6) is 0.101. The molecule has 0 N–H and O–H groups in total. The maximum atomic E-state index is 12.4. The lowest BCUT2D eigenvalue weighted by Crippen LogP contribution is -2.48. The van der Waals surface area contributed by atoms with Gasteiger partial charge in [0, 0.05) is 49.0 Å². The van der Waals surface area contributed by atoms with E-state index in [1.54, 1.807) is 28.6 Å². The molecule has 23 heavy (non-hydrogen) atoms. The zero-order valence-corrected chi connectivity index (χ0v) is 13.8. The molecule has 2 amide bonds. The normalized spacial score (nSPS) is 14.8. The van der Waals surface area contributed by atoms with Crippen molar-refractivity contribution < 1.29 is 9.59 Å². The van der Waals surface area contributed by atoms with Gasteiger partial charge < -0.3 is 9.80 Å². The highest BCUT2D eigenvalue weighted by molar-refractivity contribution is 7.15. The van der Waals surface area contributed by atoms with Crippen LogP contribution in [0.15, 0.2) is 24.5 Å². The van der Waals surface area contributed by atoms with E-state index in [2.05, 4.69) is 9.97 Å². The summed E-state index contributed by atoms with van der Waals surface area (Å²) in [5, 5.41) is 0.915. The molecule has 2 aromatic rings. The maximum Gasteiger partial charge on any atom is 0.228 e. The Bertz CT molecular complexity index is 693. The number of carbonyl (C=O) groups is 2. The Labute approximate surface area is 138 Å². The second-order valence-electron chi connectivity index (χ2n) is 5.46. The van der Waals surface area contributed by atoms with Crippen LogP contribution in [0.2, 0.25) is 0 Å². The highest BCUT2D eigenvalue weighted by Crippen LogP contribution is 2.28. The summed E-state index contributed by atoms with van der Waals surface area (Å²) in [6.45, 7) is 4.37. The van der Waals surface area contributed by atoms with Gasteiger partial charge in [-0.05, 0) is 19.1 Å². The number of aryl methyl sites for hydroxylation is 1. The number of piperazine rings is 1. The Hall–Kier alpha value is -2.28. The Balaban J connectivity index is 1.67. The van der Waals surface area contributed by atoms with Crippen LogP contribution >= 0.6 is 11.3 Å². The molecule has 6 nitrogen and oxygen atoms in total. The van der Waals surface area contributed by atoms with Gasteiger partial charge in [-0.15, -0.1) is 11.3 Å². The molecule has 3 rings (SSSR count). The number of carbonyl (C=O) groups excluding carboxylic acids is 2. The third-order valence-corrected chi connectivity index (χ3v) is 5.15. The summed E-state index contributed by atoms with van der Waals surface area (Å²) in [7, 11) is 0. The predicted molar refractivity (Wildman–Crippen MR) is 88.0 cm³/mol. The van der Waals surface area contributed by atoms with E-state index in [1.165, 1.54) is 0 Å². The average molecular weight is 330 g/mol. The van der Waals surface area contributed by atoms with Crippen molar-refractivity contribution in [3.8, 4) is 10.6 Å². The molecule has 0 spiro atoms. The highest BCUT2D eigenvalue weighted by atomic mass is 32.1. The van der Waals surface area contributed by atoms with Crippen LogP contribution in [-0.4, -0.2) is 58.3 Å². The summed E-state index contributed by atoms with van der Waals surface area (Å²) >= 11 is 1.56.